The fraction of sp³-hybridized carbons (Fsp3) is 0. The molecule has 0 unspecified atom stereocenters. The van der Waals surface area contributed by atoms with Gasteiger partial charge in [0.2, 0.25) is 0 Å². The van der Waals surface area contributed by atoms with E-state index in [1.165, 1.54) is 0 Å². The van der Waals surface area contributed by atoms with Crippen molar-refractivity contribution >= 4 is 23.2 Å². The predicted molar refractivity (Wildman–Crippen MR) is 36.3 cm³/mol. The summed E-state index contributed by atoms with van der Waals surface area (Å²) in [7, 11) is 0. The zero-order valence-corrected chi connectivity index (χ0v) is 6.78. The van der Waals surface area contributed by atoms with Crippen molar-refractivity contribution < 1.29 is 17.6 Å². The Balaban J connectivity index is 3.60. The molecule has 0 aliphatic rings. The summed E-state index contributed by atoms with van der Waals surface area (Å²) in [5, 5.41) is -2.31. The third-order valence-electron chi connectivity index (χ3n) is 1.16. The zero-order valence-electron chi connectivity index (χ0n) is 5.27. The van der Waals surface area contributed by atoms with E-state index in [0.29, 0.717) is 0 Å². The molecule has 0 aliphatic carbocycles. The highest BCUT2D eigenvalue weighted by molar-refractivity contribution is 6.35. The maximum absolute atomic E-state index is 12.5. The van der Waals surface area contributed by atoms with Crippen molar-refractivity contribution in [1.82, 2.24) is 0 Å². The third-order valence-corrected chi connectivity index (χ3v) is 1.82. The van der Waals surface area contributed by atoms with Crippen molar-refractivity contribution in [1.29, 1.82) is 0 Å². The van der Waals surface area contributed by atoms with Crippen molar-refractivity contribution in [3.8, 4) is 0 Å². The molecule has 0 aliphatic heterocycles. The van der Waals surface area contributed by atoms with Crippen LogP contribution >= 0.6 is 23.2 Å². The summed E-state index contributed by atoms with van der Waals surface area (Å²) in [6, 6.07) is 0. The van der Waals surface area contributed by atoms with E-state index >= 15 is 0 Å². The van der Waals surface area contributed by atoms with Crippen molar-refractivity contribution in [3.63, 3.8) is 0 Å². The van der Waals surface area contributed by atoms with Crippen LogP contribution in [0, 0.1) is 23.3 Å². The Morgan fingerprint density at radius 3 is 1.25 bits per heavy atom. The number of halogens is 6. The highest BCUT2D eigenvalue weighted by Gasteiger charge is 2.22. The summed E-state index contributed by atoms with van der Waals surface area (Å²) >= 11 is 9.84. The molecule has 0 aromatic heterocycles. The maximum Gasteiger partial charge on any atom is 0.197 e. The number of benzene rings is 1. The summed E-state index contributed by atoms with van der Waals surface area (Å²) in [4.78, 5) is 0. The average Bonchev–Trinajstić information content (AvgIpc) is 2.08. The number of hydrogen-bond donors (Lipinski definition) is 0. The molecular weight excluding hydrogens is 219 g/mol. The molecular formula is C6Cl2F4. The van der Waals surface area contributed by atoms with Gasteiger partial charge in [-0.25, -0.2) is 17.6 Å². The van der Waals surface area contributed by atoms with E-state index in [-0.39, 0.29) is 0 Å². The molecule has 1 rings (SSSR count). The molecule has 0 spiro atoms. The van der Waals surface area contributed by atoms with Gasteiger partial charge in [-0.05, 0) is 0 Å². The minimum atomic E-state index is -1.88. The van der Waals surface area contributed by atoms with Gasteiger partial charge in [0.25, 0.3) is 0 Å². The second-order valence-electron chi connectivity index (χ2n) is 1.88. The molecule has 0 N–H and O–H groups in total. The normalized spacial score (nSPS) is 10.5. The highest BCUT2D eigenvalue weighted by atomic mass is 35.5. The van der Waals surface area contributed by atoms with Crippen molar-refractivity contribution in [3.05, 3.63) is 33.3 Å². The lowest BCUT2D eigenvalue weighted by atomic mass is 10.3. The van der Waals surface area contributed by atoms with Gasteiger partial charge >= 0.3 is 0 Å². The van der Waals surface area contributed by atoms with E-state index < -0.39 is 33.3 Å². The molecule has 12 heavy (non-hydrogen) atoms. The summed E-state index contributed by atoms with van der Waals surface area (Å²) in [6.45, 7) is 0. The van der Waals surface area contributed by atoms with Gasteiger partial charge in [-0.15, -0.1) is 0 Å². The van der Waals surface area contributed by atoms with Gasteiger partial charge in [0.05, 0.1) is 0 Å². The molecule has 1 aromatic carbocycles. The Morgan fingerprint density at radius 1 is 0.583 bits per heavy atom. The van der Waals surface area contributed by atoms with Crippen LogP contribution in [0.1, 0.15) is 0 Å². The predicted octanol–water partition coefficient (Wildman–Crippen LogP) is 3.55. The lowest BCUT2D eigenvalue weighted by Gasteiger charge is -2.01. The van der Waals surface area contributed by atoms with Gasteiger partial charge < -0.3 is 0 Å². The fourth-order valence-electron chi connectivity index (χ4n) is 0.578. The van der Waals surface area contributed by atoms with E-state index in [9.17, 15) is 17.6 Å². The molecule has 0 saturated heterocycles. The molecule has 0 saturated carbocycles. The lowest BCUT2D eigenvalue weighted by Crippen LogP contribution is -1.96. The number of hydrogen-bond acceptors (Lipinski definition) is 0. The molecule has 0 bridgehead atoms. The number of rotatable bonds is 0. The van der Waals surface area contributed by atoms with Crippen molar-refractivity contribution in [2.24, 2.45) is 0 Å². The fourth-order valence-corrected chi connectivity index (χ4v) is 0.981. The Hall–Kier alpha value is -0.480. The van der Waals surface area contributed by atoms with E-state index in [2.05, 4.69) is 0 Å². The lowest BCUT2D eigenvalue weighted by molar-refractivity contribution is 0.435. The van der Waals surface area contributed by atoms with Gasteiger partial charge in [-0.1, -0.05) is 23.2 Å². The standard InChI is InChI=1S/C6Cl2F4/c7-1-3(9)2(8)5(11)6(12)4(1)10. The minimum absolute atomic E-state index is 1.15. The summed E-state index contributed by atoms with van der Waals surface area (Å²) in [6.07, 6.45) is 0. The topological polar surface area (TPSA) is 0 Å². The Labute approximate surface area is 74.7 Å². The SMILES string of the molecule is Fc1c(F)c(Cl)c(F)c(Cl)c1F. The molecule has 1 aromatic rings. The molecule has 0 heterocycles. The van der Waals surface area contributed by atoms with Crippen LogP contribution in [-0.2, 0) is 0 Å². The Bertz CT molecular complexity index is 232. The summed E-state index contributed by atoms with van der Waals surface area (Å²) in [5.74, 6) is -6.95. The minimum Gasteiger partial charge on any atom is -0.203 e. The monoisotopic (exact) mass is 218 g/mol. The summed E-state index contributed by atoms with van der Waals surface area (Å²) < 4.78 is 49.6. The average molecular weight is 219 g/mol. The van der Waals surface area contributed by atoms with Crippen LogP contribution in [0.4, 0.5) is 17.6 Å². The van der Waals surface area contributed by atoms with Crippen LogP contribution in [0.15, 0.2) is 0 Å². The first-order valence-corrected chi connectivity index (χ1v) is 3.39. The van der Waals surface area contributed by atoms with Crippen molar-refractivity contribution in [2.75, 3.05) is 0 Å². The van der Waals surface area contributed by atoms with E-state index in [0.717, 1.165) is 0 Å². The van der Waals surface area contributed by atoms with Gasteiger partial charge in [0.15, 0.2) is 23.3 Å². The first-order valence-electron chi connectivity index (χ1n) is 2.63. The van der Waals surface area contributed by atoms with Crippen LogP contribution in [0.25, 0.3) is 0 Å². The molecule has 0 nitrogen and oxygen atoms in total. The molecule has 0 atom stereocenters. The van der Waals surface area contributed by atoms with E-state index in [1.54, 1.807) is 0 Å². The van der Waals surface area contributed by atoms with E-state index in [1.807, 2.05) is 0 Å². The molecule has 0 fully saturated rings. The van der Waals surface area contributed by atoms with Crippen LogP contribution < -0.4 is 0 Å². The first kappa shape index (κ1) is 9.61. The van der Waals surface area contributed by atoms with Gasteiger partial charge in [-0.3, -0.25) is 0 Å². The molecule has 66 valence electrons. The second kappa shape index (κ2) is 3.11. The van der Waals surface area contributed by atoms with Crippen LogP contribution in [0.5, 0.6) is 0 Å². The van der Waals surface area contributed by atoms with Crippen molar-refractivity contribution in [2.45, 2.75) is 0 Å². The quantitative estimate of drug-likeness (QED) is 0.355. The van der Waals surface area contributed by atoms with Crippen LogP contribution in [-0.4, -0.2) is 0 Å². The second-order valence-corrected chi connectivity index (χ2v) is 2.64. The zero-order chi connectivity index (χ0) is 9.46. The first-order chi connectivity index (χ1) is 5.46. The molecule has 0 amide bonds. The smallest absolute Gasteiger partial charge is 0.197 e. The van der Waals surface area contributed by atoms with Gasteiger partial charge in [-0.2, -0.15) is 0 Å². The largest absolute Gasteiger partial charge is 0.203 e. The van der Waals surface area contributed by atoms with Crippen LogP contribution in [0.3, 0.4) is 0 Å². The van der Waals surface area contributed by atoms with Gasteiger partial charge in [0.1, 0.15) is 10.0 Å². The van der Waals surface area contributed by atoms with Gasteiger partial charge in [0, 0.05) is 0 Å². The maximum atomic E-state index is 12.5. The van der Waals surface area contributed by atoms with Crippen LogP contribution in [0.2, 0.25) is 10.0 Å². The summed E-state index contributed by atoms with van der Waals surface area (Å²) in [5.41, 5.74) is 0. The highest BCUT2D eigenvalue weighted by Crippen LogP contribution is 2.30. The molecule has 0 radical (unpaired) electrons. The Morgan fingerprint density at radius 2 is 0.917 bits per heavy atom. The molecule has 6 heteroatoms. The Kier molecular flexibility index (Phi) is 2.49. The van der Waals surface area contributed by atoms with E-state index in [4.69, 9.17) is 23.2 Å². The third kappa shape index (κ3) is 1.25.